The van der Waals surface area contributed by atoms with E-state index in [9.17, 15) is 62.3 Å². The van der Waals surface area contributed by atoms with Gasteiger partial charge in [0.2, 0.25) is 23.6 Å². The number of carbonyl (C=O) groups is 11. The number of fused-ring (bicyclic) bond motifs is 4. The molecular weight excluding hydrogens is 1480 g/mol. The summed E-state index contributed by atoms with van der Waals surface area (Å²) in [7, 11) is 21.8. The van der Waals surface area contributed by atoms with Gasteiger partial charge in [0.1, 0.15) is 5.54 Å². The van der Waals surface area contributed by atoms with Crippen LogP contribution in [0.4, 0.5) is 10.5 Å². The lowest BCUT2D eigenvalue weighted by molar-refractivity contribution is -0.137. The summed E-state index contributed by atoms with van der Waals surface area (Å²) in [5.74, 6) is -0.648. The number of aromatic nitrogens is 7. The molecule has 0 radical (unpaired) electrons. The zero-order valence-electron chi connectivity index (χ0n) is 75.5. The fourth-order valence-electron chi connectivity index (χ4n) is 9.94. The number of benzene rings is 4. The van der Waals surface area contributed by atoms with Gasteiger partial charge in [0.15, 0.2) is 0 Å². The van der Waals surface area contributed by atoms with Gasteiger partial charge in [0, 0.05) is 177 Å². The number of hydrogen-bond acceptors (Lipinski definition) is 14. The van der Waals surface area contributed by atoms with Crippen molar-refractivity contribution < 1.29 is 52.7 Å². The SMILES string of the molecule is CC.CC.CC.CC.CC.CC.CC.CC.CC1NC(=O)c2ccccc21.CN1C(=O)C=CC1=O.CN1C(=O)CCC1=O.CN1C(=O)Cc2ccccc21.CN1C(=O)N(C)C(C)(C)C1=O.CN1C(=O)c2ccccc2C1=O.CN1CCCC1=O.Cn1c(=O)n(C)n(C)c1=O.Cn1ccc2ccccc21.Cn1cccc1.Cn1ccnc1. The van der Waals surface area contributed by atoms with Crippen molar-refractivity contribution in [2.24, 2.45) is 42.3 Å². The van der Waals surface area contributed by atoms with Crippen LogP contribution in [0.2, 0.25) is 0 Å². The second-order valence-corrected chi connectivity index (χ2v) is 24.1. The van der Waals surface area contributed by atoms with Crippen LogP contribution in [0.25, 0.3) is 10.9 Å². The number of para-hydroxylation sites is 2. The number of rotatable bonds is 0. The van der Waals surface area contributed by atoms with Crippen molar-refractivity contribution >= 4 is 81.7 Å². The van der Waals surface area contributed by atoms with Crippen molar-refractivity contribution in [1.82, 2.24) is 67.3 Å². The molecule has 8 aromatic rings. The molecule has 0 spiro atoms. The van der Waals surface area contributed by atoms with Crippen molar-refractivity contribution in [3.63, 3.8) is 0 Å². The monoisotopic (exact) mass is 1610 g/mol. The molecule has 15 rings (SSSR count). The Bertz CT molecular complexity index is 4280. The molecule has 0 aliphatic carbocycles. The molecule has 0 bridgehead atoms. The van der Waals surface area contributed by atoms with Crippen LogP contribution in [-0.2, 0) is 82.3 Å². The van der Waals surface area contributed by atoms with Crippen LogP contribution in [-0.4, -0.2) is 189 Å². The second kappa shape index (κ2) is 59.8. The minimum absolute atomic E-state index is 0.0492. The molecule has 28 nitrogen and oxygen atoms in total. The molecule has 7 aliphatic heterocycles. The predicted octanol–water partition coefficient (Wildman–Crippen LogP) is 13.7. The molecule has 116 heavy (non-hydrogen) atoms. The number of amides is 12. The largest absolute Gasteiger partial charge is 0.357 e. The van der Waals surface area contributed by atoms with Gasteiger partial charge in [0.05, 0.1) is 29.9 Å². The Morgan fingerprint density at radius 2 is 0.871 bits per heavy atom. The molecule has 4 aromatic carbocycles. The number of hydrogen-bond donors (Lipinski definition) is 1. The number of carbonyl (C=O) groups excluding carboxylic acids is 11. The van der Waals surface area contributed by atoms with Gasteiger partial charge in [-0.1, -0.05) is 178 Å². The first-order valence-corrected chi connectivity index (χ1v) is 39.7. The summed E-state index contributed by atoms with van der Waals surface area (Å²) in [6.07, 6.45) is 17.1. The average Bonchev–Trinajstić information content (AvgIpc) is 2.10. The molecule has 0 saturated carbocycles. The first-order chi connectivity index (χ1) is 55.1. The van der Waals surface area contributed by atoms with Gasteiger partial charge in [-0.05, 0) is 92.2 Å². The number of likely N-dealkylation sites (N-methyl/N-ethyl adjacent to an activating group) is 4. The Labute approximate surface area is 690 Å². The van der Waals surface area contributed by atoms with Crippen LogP contribution < -0.4 is 21.6 Å². The maximum Gasteiger partial charge on any atom is 0.346 e. The average molecular weight is 1610 g/mol. The molecule has 3 fully saturated rings. The van der Waals surface area contributed by atoms with Crippen LogP contribution in [0.15, 0.2) is 174 Å². The highest BCUT2D eigenvalue weighted by molar-refractivity contribution is 6.21. The highest BCUT2D eigenvalue weighted by Gasteiger charge is 2.47. The highest BCUT2D eigenvalue weighted by Crippen LogP contribution is 2.27. The van der Waals surface area contributed by atoms with Gasteiger partial charge in [-0.2, -0.15) is 0 Å². The van der Waals surface area contributed by atoms with E-state index in [4.69, 9.17) is 0 Å². The topological polar surface area (TPSA) is 299 Å². The van der Waals surface area contributed by atoms with E-state index in [0.717, 1.165) is 61.0 Å². The van der Waals surface area contributed by atoms with Gasteiger partial charge in [-0.15, -0.1) is 0 Å². The second-order valence-electron chi connectivity index (χ2n) is 24.1. The third-order valence-electron chi connectivity index (χ3n) is 16.7. The normalized spacial score (nSPS) is 14.3. The third kappa shape index (κ3) is 34.1. The number of nitrogens with zero attached hydrogens (tertiary/aromatic N) is 14. The lowest BCUT2D eigenvalue weighted by Crippen LogP contribution is -2.41. The third-order valence-corrected chi connectivity index (χ3v) is 16.7. The van der Waals surface area contributed by atoms with E-state index in [1.165, 1.54) is 77.5 Å². The Kier molecular flexibility index (Phi) is 57.0. The minimum atomic E-state index is -0.675. The van der Waals surface area contributed by atoms with Crippen molar-refractivity contribution in [2.75, 3.05) is 60.8 Å². The number of likely N-dealkylation sites (tertiary alicyclic amines) is 2. The van der Waals surface area contributed by atoms with Crippen molar-refractivity contribution in [2.45, 2.75) is 175 Å². The number of aryl methyl sites for hydroxylation is 3. The van der Waals surface area contributed by atoms with Gasteiger partial charge >= 0.3 is 17.4 Å². The van der Waals surface area contributed by atoms with E-state index < -0.39 is 5.54 Å². The highest BCUT2D eigenvalue weighted by atomic mass is 16.2. The van der Waals surface area contributed by atoms with Crippen molar-refractivity contribution in [3.8, 4) is 0 Å². The fraction of sp³-hybridized carbons (Fsp3) is 0.455. The molecule has 11 heterocycles. The van der Waals surface area contributed by atoms with E-state index in [-0.39, 0.29) is 76.6 Å². The molecule has 642 valence electrons. The van der Waals surface area contributed by atoms with Crippen molar-refractivity contribution in [3.05, 3.63) is 214 Å². The summed E-state index contributed by atoms with van der Waals surface area (Å²) in [5.41, 5.74) is 5.15. The number of anilines is 1. The maximum atomic E-state index is 11.3. The molecule has 4 aromatic heterocycles. The van der Waals surface area contributed by atoms with E-state index in [1.807, 2.05) is 234 Å². The number of nitrogens with one attached hydrogen (secondary N) is 1. The van der Waals surface area contributed by atoms with E-state index >= 15 is 0 Å². The van der Waals surface area contributed by atoms with Gasteiger partial charge < -0.3 is 33.7 Å². The fourth-order valence-corrected chi connectivity index (χ4v) is 9.94. The van der Waals surface area contributed by atoms with E-state index in [0.29, 0.717) is 36.3 Å². The summed E-state index contributed by atoms with van der Waals surface area (Å²) >= 11 is 0. The Morgan fingerprint density at radius 3 is 1.17 bits per heavy atom. The first-order valence-electron chi connectivity index (χ1n) is 39.7. The molecule has 12 amide bonds. The zero-order chi connectivity index (χ0) is 90.5. The zero-order valence-corrected chi connectivity index (χ0v) is 75.5. The molecule has 1 N–H and O–H groups in total. The molecular formula is C88H137N15O13. The predicted molar refractivity (Wildman–Crippen MR) is 468 cm³/mol. The van der Waals surface area contributed by atoms with Gasteiger partial charge in [-0.25, -0.2) is 33.3 Å². The number of imide groups is 4. The van der Waals surface area contributed by atoms with Crippen LogP contribution in [0, 0.1) is 0 Å². The number of imidazole rings is 1. The minimum Gasteiger partial charge on any atom is -0.357 e. The molecule has 3 saturated heterocycles. The maximum absolute atomic E-state index is 11.3. The van der Waals surface area contributed by atoms with Gasteiger partial charge in [0.25, 0.3) is 35.4 Å². The molecule has 1 unspecified atom stereocenters. The lowest BCUT2D eigenvalue weighted by Gasteiger charge is -2.22. The molecule has 28 heteroatoms. The Hall–Kier alpha value is -11.8. The summed E-state index contributed by atoms with van der Waals surface area (Å²) in [5, 5.41) is 4.15. The Balaban J connectivity index is -0.000000587. The summed E-state index contributed by atoms with van der Waals surface area (Å²) in [6, 6.07) is 36.8. The summed E-state index contributed by atoms with van der Waals surface area (Å²) in [6.45, 7) is 38.4. The quantitative estimate of drug-likeness (QED) is 0.109. The molecule has 1 atom stereocenters. The number of urea groups is 1. The summed E-state index contributed by atoms with van der Waals surface area (Å²) in [4.78, 5) is 155. The lowest BCUT2D eigenvalue weighted by atomic mass is 10.1. The van der Waals surface area contributed by atoms with E-state index in [1.54, 1.807) is 81.6 Å². The summed E-state index contributed by atoms with van der Waals surface area (Å²) < 4.78 is 9.57. The van der Waals surface area contributed by atoms with Gasteiger partial charge in [-0.3, -0.25) is 67.5 Å². The standard InChI is InChI=1S/C9H7NO2.2C9H9NO.C9H9N.C7H12N2O2.C5H9N3O2.C5H7NO2.C5H5NO2.C5H9NO.C5H7N.C4H6N2.8C2H6/c1-10-8(11)6-4-2-3-5-7(6)9(10)12;1-10-8-5-3-2-4-7(8)6-9(10)11;1-6-7-4-2-3-5-8(7)9(11)10-6;1-10-7-6-8-4-2-3-5-9(8)10;1-7(2)5(10)8(3)6(11)9(7)4;1-6-4(9)7(2)8(3)5(6)10;2*1-6-4(7)2-3-5(6)8;1-6-4-2-3-5(6)7;1-6-4-2-3-5-6;1-6-3-2-5-4-6;8*1-2/h2-5H,1H3;2-5H,6H2,1H3;2-6H,1H3,(H,10,11);2-7H,1H3;1-4H3;1-3H3;2-3H2,1H3;2-3H,1H3;2-4H2,1H3;2-5H,1H3;2-4H,1H3;8*1-2H3. The van der Waals surface area contributed by atoms with Crippen LogP contribution in [0.5, 0.6) is 0 Å². The smallest absolute Gasteiger partial charge is 0.346 e. The Morgan fingerprint density at radius 1 is 0.422 bits per heavy atom. The van der Waals surface area contributed by atoms with E-state index in [2.05, 4.69) is 58.4 Å². The first kappa shape index (κ1) is 110. The van der Waals surface area contributed by atoms with Crippen LogP contribution >= 0.6 is 0 Å². The van der Waals surface area contributed by atoms with Crippen molar-refractivity contribution in [1.29, 1.82) is 0 Å². The molecule has 7 aliphatic rings. The van der Waals surface area contributed by atoms with Crippen LogP contribution in [0.3, 0.4) is 0 Å². The van der Waals surface area contributed by atoms with Crippen LogP contribution in [0.1, 0.15) is 205 Å².